The molecule has 0 aromatic heterocycles. The number of rotatable bonds is 6. The summed E-state index contributed by atoms with van der Waals surface area (Å²) in [6, 6.07) is 10.0. The fraction of sp³-hybridized carbons (Fsp3) is 0.632. The van der Waals surface area contributed by atoms with Gasteiger partial charge >= 0.3 is 0 Å². The largest absolute Gasteiger partial charge is 0.355 e. The highest BCUT2D eigenvalue weighted by Crippen LogP contribution is 2.23. The zero-order chi connectivity index (χ0) is 18.4. The van der Waals surface area contributed by atoms with Crippen LogP contribution in [-0.4, -0.2) is 55.7 Å². The molecule has 0 spiro atoms. The van der Waals surface area contributed by atoms with Crippen molar-refractivity contribution < 1.29 is 13.2 Å². The van der Waals surface area contributed by atoms with Crippen molar-refractivity contribution in [2.45, 2.75) is 38.5 Å². The van der Waals surface area contributed by atoms with E-state index in [1.165, 1.54) is 9.87 Å². The maximum Gasteiger partial charge on any atom is 0.281 e. The smallest absolute Gasteiger partial charge is 0.281 e. The van der Waals surface area contributed by atoms with Crippen molar-refractivity contribution >= 4 is 16.1 Å². The standard InChI is InChI=1S/C19H29N3O3S/c23-19(20-12-11-17-8-3-1-4-9-17)18-10-7-15-22(16-18)26(24,25)21-13-5-2-6-14-21/h1,3-4,8-9,18H,2,5-7,10-16H2,(H,20,23)/t18-/m0/s1. The second-order valence-corrected chi connectivity index (χ2v) is 9.12. The maximum atomic E-state index is 12.8. The van der Waals surface area contributed by atoms with Crippen molar-refractivity contribution in [1.82, 2.24) is 13.9 Å². The Hall–Kier alpha value is -1.44. The van der Waals surface area contributed by atoms with Crippen LogP contribution in [0.3, 0.4) is 0 Å². The Morgan fingerprint density at radius 3 is 2.42 bits per heavy atom. The Labute approximate surface area is 156 Å². The minimum absolute atomic E-state index is 0.0283. The van der Waals surface area contributed by atoms with Crippen LogP contribution in [0.25, 0.3) is 0 Å². The minimum Gasteiger partial charge on any atom is -0.355 e. The Kier molecular flexibility index (Phi) is 6.67. The fourth-order valence-corrected chi connectivity index (χ4v) is 5.52. The Morgan fingerprint density at radius 1 is 1.00 bits per heavy atom. The molecular weight excluding hydrogens is 350 g/mol. The molecule has 3 rings (SSSR count). The van der Waals surface area contributed by atoms with Crippen LogP contribution in [0, 0.1) is 5.92 Å². The first-order valence-electron chi connectivity index (χ1n) is 9.64. The van der Waals surface area contributed by atoms with Gasteiger partial charge in [-0.15, -0.1) is 0 Å². The molecule has 2 aliphatic rings. The van der Waals surface area contributed by atoms with E-state index in [9.17, 15) is 13.2 Å². The van der Waals surface area contributed by atoms with Crippen LogP contribution < -0.4 is 5.32 Å². The van der Waals surface area contributed by atoms with Crippen LogP contribution in [0.15, 0.2) is 30.3 Å². The summed E-state index contributed by atoms with van der Waals surface area (Å²) in [5.41, 5.74) is 1.19. The highest BCUT2D eigenvalue weighted by Gasteiger charge is 2.36. The molecule has 2 aliphatic heterocycles. The van der Waals surface area contributed by atoms with Crippen molar-refractivity contribution in [3.8, 4) is 0 Å². The van der Waals surface area contributed by atoms with Gasteiger partial charge in [-0.3, -0.25) is 4.79 Å². The van der Waals surface area contributed by atoms with Gasteiger partial charge in [0.25, 0.3) is 10.2 Å². The van der Waals surface area contributed by atoms with Crippen molar-refractivity contribution in [2.75, 3.05) is 32.7 Å². The summed E-state index contributed by atoms with van der Waals surface area (Å²) in [5.74, 6) is -0.279. The first kappa shape index (κ1) is 19.3. The van der Waals surface area contributed by atoms with Crippen LogP contribution in [0.1, 0.15) is 37.7 Å². The highest BCUT2D eigenvalue weighted by atomic mass is 32.2. The molecule has 7 heteroatoms. The number of hydrogen-bond donors (Lipinski definition) is 1. The van der Waals surface area contributed by atoms with Gasteiger partial charge in [0.05, 0.1) is 5.92 Å². The summed E-state index contributed by atoms with van der Waals surface area (Å²) >= 11 is 0. The van der Waals surface area contributed by atoms with Crippen molar-refractivity contribution in [1.29, 1.82) is 0 Å². The highest BCUT2D eigenvalue weighted by molar-refractivity contribution is 7.86. The molecule has 2 fully saturated rings. The van der Waals surface area contributed by atoms with Gasteiger partial charge in [-0.05, 0) is 37.7 Å². The molecule has 1 atom stereocenters. The van der Waals surface area contributed by atoms with Crippen LogP contribution in [0.4, 0.5) is 0 Å². The van der Waals surface area contributed by atoms with E-state index in [0.717, 1.165) is 38.5 Å². The summed E-state index contributed by atoms with van der Waals surface area (Å²) in [5, 5.41) is 2.98. The quantitative estimate of drug-likeness (QED) is 0.819. The van der Waals surface area contributed by atoms with E-state index in [1.807, 2.05) is 30.3 Å². The summed E-state index contributed by atoms with van der Waals surface area (Å²) < 4.78 is 28.8. The Morgan fingerprint density at radius 2 is 1.69 bits per heavy atom. The lowest BCUT2D eigenvalue weighted by Gasteiger charge is -2.36. The molecule has 1 amide bonds. The van der Waals surface area contributed by atoms with E-state index < -0.39 is 10.2 Å². The second-order valence-electron chi connectivity index (χ2n) is 7.19. The van der Waals surface area contributed by atoms with Gasteiger partial charge in [0.15, 0.2) is 0 Å². The average Bonchev–Trinajstić information content (AvgIpc) is 2.69. The first-order chi connectivity index (χ1) is 12.6. The van der Waals surface area contributed by atoms with Gasteiger partial charge in [-0.2, -0.15) is 17.0 Å². The van der Waals surface area contributed by atoms with Crippen molar-refractivity contribution in [2.24, 2.45) is 5.92 Å². The molecule has 1 aromatic rings. The van der Waals surface area contributed by atoms with Crippen LogP contribution in [-0.2, 0) is 21.4 Å². The van der Waals surface area contributed by atoms with Gasteiger partial charge < -0.3 is 5.32 Å². The van der Waals surface area contributed by atoms with Gasteiger partial charge in [-0.1, -0.05) is 36.8 Å². The summed E-state index contributed by atoms with van der Waals surface area (Å²) in [7, 11) is -3.43. The van der Waals surface area contributed by atoms with Gasteiger partial charge in [0, 0.05) is 32.7 Å². The van der Waals surface area contributed by atoms with Gasteiger partial charge in [0.1, 0.15) is 0 Å². The molecule has 0 aliphatic carbocycles. The average molecular weight is 380 g/mol. The molecule has 0 radical (unpaired) electrons. The van der Waals surface area contributed by atoms with E-state index in [1.54, 1.807) is 4.31 Å². The van der Waals surface area contributed by atoms with Crippen LogP contribution >= 0.6 is 0 Å². The van der Waals surface area contributed by atoms with Crippen LogP contribution in [0.5, 0.6) is 0 Å². The molecule has 1 aromatic carbocycles. The van der Waals surface area contributed by atoms with Gasteiger partial charge in [0.2, 0.25) is 5.91 Å². The van der Waals surface area contributed by atoms with E-state index in [-0.39, 0.29) is 11.8 Å². The number of piperidine rings is 2. The van der Waals surface area contributed by atoms with Gasteiger partial charge in [-0.25, -0.2) is 0 Å². The molecule has 2 saturated heterocycles. The molecule has 2 heterocycles. The summed E-state index contributed by atoms with van der Waals surface area (Å²) in [6.07, 6.45) is 5.23. The third-order valence-electron chi connectivity index (χ3n) is 5.28. The lowest BCUT2D eigenvalue weighted by Crippen LogP contribution is -2.51. The lowest BCUT2D eigenvalue weighted by molar-refractivity contribution is -0.126. The van der Waals surface area contributed by atoms with Crippen molar-refractivity contribution in [3.63, 3.8) is 0 Å². The number of benzene rings is 1. The molecule has 144 valence electrons. The molecular formula is C19H29N3O3S. The van der Waals surface area contributed by atoms with Crippen molar-refractivity contribution in [3.05, 3.63) is 35.9 Å². The Bertz CT molecular complexity index is 687. The maximum absolute atomic E-state index is 12.8. The molecule has 0 unspecified atom stereocenters. The number of carbonyl (C=O) groups excluding carboxylic acids is 1. The number of amides is 1. The molecule has 0 bridgehead atoms. The zero-order valence-corrected chi connectivity index (χ0v) is 16.1. The predicted molar refractivity (Wildman–Crippen MR) is 102 cm³/mol. The molecule has 26 heavy (non-hydrogen) atoms. The number of nitrogens with one attached hydrogen (secondary N) is 1. The second kappa shape index (κ2) is 8.97. The number of carbonyl (C=O) groups is 1. The topological polar surface area (TPSA) is 69.7 Å². The van der Waals surface area contributed by atoms with Crippen LogP contribution in [0.2, 0.25) is 0 Å². The number of nitrogens with zero attached hydrogens (tertiary/aromatic N) is 2. The fourth-order valence-electron chi connectivity index (χ4n) is 3.74. The molecule has 6 nitrogen and oxygen atoms in total. The predicted octanol–water partition coefficient (Wildman–Crippen LogP) is 1.79. The van der Waals surface area contributed by atoms with E-state index in [4.69, 9.17) is 0 Å². The summed E-state index contributed by atoms with van der Waals surface area (Å²) in [4.78, 5) is 12.5. The first-order valence-corrected chi connectivity index (χ1v) is 11.0. The molecule has 0 saturated carbocycles. The third kappa shape index (κ3) is 4.84. The normalized spacial score (nSPS) is 22.8. The molecule has 1 N–H and O–H groups in total. The number of hydrogen-bond acceptors (Lipinski definition) is 3. The minimum atomic E-state index is -3.43. The third-order valence-corrected chi connectivity index (χ3v) is 7.28. The zero-order valence-electron chi connectivity index (χ0n) is 15.3. The van der Waals surface area contributed by atoms with E-state index in [2.05, 4.69) is 5.32 Å². The van der Waals surface area contributed by atoms with E-state index in [0.29, 0.717) is 32.7 Å². The summed E-state index contributed by atoms with van der Waals surface area (Å²) in [6.45, 7) is 2.61. The Balaban J connectivity index is 1.51. The SMILES string of the molecule is O=C(NCCc1ccccc1)[C@H]1CCCN(S(=O)(=O)N2CCCCC2)C1. The monoisotopic (exact) mass is 379 g/mol. The lowest BCUT2D eigenvalue weighted by atomic mass is 9.99. The van der Waals surface area contributed by atoms with E-state index >= 15 is 0 Å².